The van der Waals surface area contributed by atoms with Crippen molar-refractivity contribution in [2.24, 2.45) is 5.92 Å². The van der Waals surface area contributed by atoms with Crippen LogP contribution in [0.5, 0.6) is 0 Å². The van der Waals surface area contributed by atoms with Crippen LogP contribution < -0.4 is 5.48 Å². The highest BCUT2D eigenvalue weighted by molar-refractivity contribution is 5.91. The number of nitrogens with zero attached hydrogens (tertiary/aromatic N) is 1. The van der Waals surface area contributed by atoms with Crippen molar-refractivity contribution in [1.82, 2.24) is 10.4 Å². The number of piperidine rings is 1. The summed E-state index contributed by atoms with van der Waals surface area (Å²) in [5.74, 6) is -2.89. The van der Waals surface area contributed by atoms with Crippen LogP contribution in [0, 0.1) is 5.92 Å². The number of carbonyl (C=O) groups is 3. The van der Waals surface area contributed by atoms with Gasteiger partial charge in [0.25, 0.3) is 5.91 Å². The molecule has 0 aromatic heterocycles. The quantitative estimate of drug-likeness (QED) is 0.322. The Kier molecular flexibility index (Phi) is 9.44. The van der Waals surface area contributed by atoms with Gasteiger partial charge in [0.05, 0.1) is 12.5 Å². The van der Waals surface area contributed by atoms with Crippen LogP contribution in [0.25, 0.3) is 0 Å². The molecule has 8 nitrogen and oxygen atoms in total. The third kappa shape index (κ3) is 5.97. The van der Waals surface area contributed by atoms with Crippen molar-refractivity contribution in [2.45, 2.75) is 70.9 Å². The van der Waals surface area contributed by atoms with Crippen molar-refractivity contribution in [2.75, 3.05) is 13.2 Å². The molecule has 1 fully saturated rings. The predicted octanol–water partition coefficient (Wildman–Crippen LogP) is 0.993. The van der Waals surface area contributed by atoms with Gasteiger partial charge in [0.1, 0.15) is 12.1 Å². The summed E-state index contributed by atoms with van der Waals surface area (Å²) in [4.78, 5) is 38.2. The molecule has 1 heterocycles. The van der Waals surface area contributed by atoms with Crippen LogP contribution in [0.1, 0.15) is 58.8 Å². The second-order valence-electron chi connectivity index (χ2n) is 6.38. The van der Waals surface area contributed by atoms with Crippen LogP contribution in [0.4, 0.5) is 0 Å². The number of hydroxylamine groups is 1. The fraction of sp³-hybridized carbons (Fsp3) is 0.824. The Bertz CT molecular complexity index is 456. The second-order valence-corrected chi connectivity index (χ2v) is 6.38. The van der Waals surface area contributed by atoms with Gasteiger partial charge in [-0.25, -0.2) is 10.3 Å². The third-order valence-electron chi connectivity index (χ3n) is 4.45. The first-order valence-corrected chi connectivity index (χ1v) is 9.07. The van der Waals surface area contributed by atoms with E-state index in [1.165, 1.54) is 10.4 Å². The van der Waals surface area contributed by atoms with E-state index >= 15 is 0 Å². The molecule has 8 heteroatoms. The van der Waals surface area contributed by atoms with Gasteiger partial charge in [0.15, 0.2) is 0 Å². The first-order chi connectivity index (χ1) is 12.0. The number of aliphatic hydroxyl groups excluding tert-OH is 1. The van der Waals surface area contributed by atoms with Gasteiger partial charge in [-0.1, -0.05) is 26.7 Å². The number of carbonyl (C=O) groups excluding carboxylic acids is 3. The highest BCUT2D eigenvalue weighted by Gasteiger charge is 2.40. The molecular formula is C17H30N2O6. The lowest BCUT2D eigenvalue weighted by atomic mass is 9.91. The first kappa shape index (κ1) is 21.4. The number of amides is 2. The number of aliphatic hydroxyl groups is 1. The van der Waals surface area contributed by atoms with E-state index in [4.69, 9.17) is 9.94 Å². The van der Waals surface area contributed by atoms with Crippen molar-refractivity contribution in [3.05, 3.63) is 0 Å². The molecule has 0 aromatic carbocycles. The highest BCUT2D eigenvalue weighted by atomic mass is 16.5. The summed E-state index contributed by atoms with van der Waals surface area (Å²) >= 11 is 0. The molecule has 0 bridgehead atoms. The Labute approximate surface area is 148 Å². The maximum absolute atomic E-state index is 13.0. The molecule has 144 valence electrons. The number of unbranched alkanes of at least 4 members (excludes halogenated alkanes) is 1. The molecule has 1 aliphatic rings. The van der Waals surface area contributed by atoms with E-state index in [0.717, 1.165) is 19.3 Å². The third-order valence-corrected chi connectivity index (χ3v) is 4.45. The van der Waals surface area contributed by atoms with Gasteiger partial charge < -0.3 is 14.7 Å². The number of esters is 1. The molecule has 0 saturated carbocycles. The number of hydrogen-bond acceptors (Lipinski definition) is 6. The van der Waals surface area contributed by atoms with Gasteiger partial charge in [-0.05, 0) is 32.1 Å². The summed E-state index contributed by atoms with van der Waals surface area (Å²) in [7, 11) is 0. The SMILES string of the molecule is CCCC[C@@H](C(=O)N1CCCC[C@H]1C(=O)OCCC)[C@H](O)C(=O)NO. The molecule has 0 aromatic rings. The highest BCUT2D eigenvalue weighted by Crippen LogP contribution is 2.24. The smallest absolute Gasteiger partial charge is 0.328 e. The van der Waals surface area contributed by atoms with Crippen LogP contribution in [0.2, 0.25) is 0 Å². The fourth-order valence-electron chi connectivity index (χ4n) is 3.04. The number of rotatable bonds is 9. The molecule has 25 heavy (non-hydrogen) atoms. The van der Waals surface area contributed by atoms with Gasteiger partial charge >= 0.3 is 5.97 Å². The molecule has 3 atom stereocenters. The number of ether oxygens (including phenoxy) is 1. The van der Waals surface area contributed by atoms with E-state index in [1.807, 2.05) is 13.8 Å². The lowest BCUT2D eigenvalue weighted by Gasteiger charge is -2.37. The van der Waals surface area contributed by atoms with Crippen LogP contribution in [-0.2, 0) is 19.1 Å². The lowest BCUT2D eigenvalue weighted by molar-refractivity contribution is -0.162. The Balaban J connectivity index is 2.93. The van der Waals surface area contributed by atoms with E-state index in [2.05, 4.69) is 0 Å². The molecule has 1 saturated heterocycles. The summed E-state index contributed by atoms with van der Waals surface area (Å²) in [5, 5.41) is 18.9. The molecule has 0 radical (unpaired) electrons. The van der Waals surface area contributed by atoms with Gasteiger partial charge in [0, 0.05) is 6.54 Å². The Morgan fingerprint density at radius 1 is 1.24 bits per heavy atom. The average Bonchev–Trinajstić information content (AvgIpc) is 2.65. The van der Waals surface area contributed by atoms with Crippen molar-refractivity contribution in [3.63, 3.8) is 0 Å². The largest absolute Gasteiger partial charge is 0.464 e. The Morgan fingerprint density at radius 2 is 1.96 bits per heavy atom. The van der Waals surface area contributed by atoms with E-state index in [9.17, 15) is 19.5 Å². The van der Waals surface area contributed by atoms with Crippen molar-refractivity contribution in [3.8, 4) is 0 Å². The van der Waals surface area contributed by atoms with Crippen molar-refractivity contribution in [1.29, 1.82) is 0 Å². The van der Waals surface area contributed by atoms with E-state index in [-0.39, 0.29) is 0 Å². The molecule has 2 amide bonds. The zero-order valence-electron chi connectivity index (χ0n) is 15.1. The minimum Gasteiger partial charge on any atom is -0.464 e. The number of nitrogens with one attached hydrogen (secondary N) is 1. The molecule has 0 aliphatic carbocycles. The number of likely N-dealkylation sites (tertiary alicyclic amines) is 1. The minimum atomic E-state index is -1.65. The summed E-state index contributed by atoms with van der Waals surface area (Å²) in [6.07, 6.45) is 2.86. The van der Waals surface area contributed by atoms with Gasteiger partial charge in [-0.15, -0.1) is 0 Å². The summed E-state index contributed by atoms with van der Waals surface area (Å²) in [6.45, 7) is 4.51. The van der Waals surface area contributed by atoms with Gasteiger partial charge in [0.2, 0.25) is 5.91 Å². The molecule has 1 rings (SSSR count). The molecule has 1 aliphatic heterocycles. The van der Waals surface area contributed by atoms with Crippen LogP contribution in [-0.4, -0.2) is 58.3 Å². The average molecular weight is 358 g/mol. The summed E-state index contributed by atoms with van der Waals surface area (Å²) < 4.78 is 5.19. The number of hydrogen-bond donors (Lipinski definition) is 3. The maximum Gasteiger partial charge on any atom is 0.328 e. The van der Waals surface area contributed by atoms with Crippen molar-refractivity contribution < 1.29 is 29.4 Å². The zero-order valence-corrected chi connectivity index (χ0v) is 15.1. The van der Waals surface area contributed by atoms with Gasteiger partial charge in [-0.3, -0.25) is 14.8 Å². The molecule has 0 unspecified atom stereocenters. The van der Waals surface area contributed by atoms with Crippen molar-refractivity contribution >= 4 is 17.8 Å². The molecular weight excluding hydrogens is 328 g/mol. The second kappa shape index (κ2) is 11.0. The fourth-order valence-corrected chi connectivity index (χ4v) is 3.04. The van der Waals surface area contributed by atoms with Crippen LogP contribution >= 0.6 is 0 Å². The lowest BCUT2D eigenvalue weighted by Crippen LogP contribution is -2.54. The monoisotopic (exact) mass is 358 g/mol. The van der Waals surface area contributed by atoms with E-state index < -0.39 is 35.8 Å². The van der Waals surface area contributed by atoms with Gasteiger partial charge in [-0.2, -0.15) is 0 Å². The van der Waals surface area contributed by atoms with E-state index in [1.54, 1.807) is 0 Å². The maximum atomic E-state index is 13.0. The summed E-state index contributed by atoms with van der Waals surface area (Å²) in [5.41, 5.74) is 1.39. The Morgan fingerprint density at radius 3 is 2.56 bits per heavy atom. The standard InChI is InChI=1S/C17H30N2O6/c1-3-5-8-12(14(20)15(21)18-24)16(22)19-10-7-6-9-13(19)17(23)25-11-4-2/h12-14,20,24H,3-11H2,1-2H3,(H,18,21)/t12-,13+,14+/m1/s1. The predicted molar refractivity (Wildman–Crippen MR) is 89.6 cm³/mol. The molecule has 0 spiro atoms. The zero-order chi connectivity index (χ0) is 18.8. The summed E-state index contributed by atoms with van der Waals surface area (Å²) in [6, 6.07) is -0.679. The topological polar surface area (TPSA) is 116 Å². The normalized spacial score (nSPS) is 19.8. The van der Waals surface area contributed by atoms with Crippen LogP contribution in [0.15, 0.2) is 0 Å². The Hall–Kier alpha value is -1.67. The minimum absolute atomic E-state index is 0.298. The van der Waals surface area contributed by atoms with Crippen LogP contribution in [0.3, 0.4) is 0 Å². The first-order valence-electron chi connectivity index (χ1n) is 9.07. The van der Waals surface area contributed by atoms with E-state index in [0.29, 0.717) is 38.8 Å². The molecule has 3 N–H and O–H groups in total.